The molecule has 0 radical (unpaired) electrons. The minimum atomic E-state index is -0.0328. The van der Waals surface area contributed by atoms with E-state index < -0.39 is 0 Å². The van der Waals surface area contributed by atoms with Gasteiger partial charge in [0, 0.05) is 12.3 Å². The quantitative estimate of drug-likeness (QED) is 0.807. The Balaban J connectivity index is 1.58. The van der Waals surface area contributed by atoms with Crippen molar-refractivity contribution < 1.29 is 9.53 Å². The van der Waals surface area contributed by atoms with Crippen molar-refractivity contribution in [1.29, 1.82) is 0 Å². The van der Waals surface area contributed by atoms with E-state index in [0.29, 0.717) is 29.4 Å². The molecule has 0 N–H and O–H groups in total. The van der Waals surface area contributed by atoms with Crippen LogP contribution in [0.4, 0.5) is 0 Å². The number of fused-ring (bicyclic) bond motifs is 1. The van der Waals surface area contributed by atoms with Crippen molar-refractivity contribution in [2.24, 2.45) is 11.8 Å². The molecule has 130 valence electrons. The van der Waals surface area contributed by atoms with E-state index in [4.69, 9.17) is 4.74 Å². The number of piperidine rings is 1. The maximum Gasteiger partial charge on any atom is 0.225 e. The predicted octanol–water partition coefficient (Wildman–Crippen LogP) is 4.15. The van der Waals surface area contributed by atoms with E-state index in [2.05, 4.69) is 47.5 Å². The highest BCUT2D eigenvalue weighted by molar-refractivity contribution is 8.17. The van der Waals surface area contributed by atoms with Gasteiger partial charge >= 0.3 is 0 Å². The van der Waals surface area contributed by atoms with Crippen molar-refractivity contribution in [3.63, 3.8) is 0 Å². The Morgan fingerprint density at radius 1 is 1.21 bits per heavy atom. The first-order chi connectivity index (χ1) is 11.8. The lowest BCUT2D eigenvalue weighted by molar-refractivity contribution is -0.152. The van der Waals surface area contributed by atoms with Crippen LogP contribution in [0.2, 0.25) is 0 Å². The number of thioether (sulfide) groups is 2. The normalized spacial score (nSPS) is 34.4. The lowest BCUT2D eigenvalue weighted by Gasteiger charge is -2.45. The van der Waals surface area contributed by atoms with Crippen LogP contribution in [0.3, 0.4) is 0 Å². The molecule has 0 saturated carbocycles. The average Bonchev–Trinajstić information content (AvgIpc) is 3.09. The van der Waals surface area contributed by atoms with Gasteiger partial charge in [0.05, 0.1) is 17.2 Å². The van der Waals surface area contributed by atoms with E-state index in [0.717, 1.165) is 6.42 Å². The summed E-state index contributed by atoms with van der Waals surface area (Å²) in [5.41, 5.74) is 1.20. The van der Waals surface area contributed by atoms with Gasteiger partial charge in [-0.15, -0.1) is 23.5 Å². The third kappa shape index (κ3) is 2.99. The molecule has 3 aliphatic rings. The molecular formula is C19H25NO2S2. The number of carbonyl (C=O) groups excluding carboxylic acids is 1. The molecule has 4 atom stereocenters. The zero-order valence-corrected chi connectivity index (χ0v) is 15.7. The molecule has 3 saturated heterocycles. The molecule has 3 nitrogen and oxygen atoms in total. The first-order valence-corrected chi connectivity index (χ1v) is 11.1. The lowest BCUT2D eigenvalue weighted by atomic mass is 9.82. The van der Waals surface area contributed by atoms with Crippen molar-refractivity contribution in [2.45, 2.75) is 43.0 Å². The van der Waals surface area contributed by atoms with Crippen LogP contribution in [0.5, 0.6) is 0 Å². The highest BCUT2D eigenvalue weighted by Gasteiger charge is 2.51. The summed E-state index contributed by atoms with van der Waals surface area (Å²) in [4.78, 5) is 15.1. The molecule has 0 spiro atoms. The second kappa shape index (κ2) is 7.30. The Labute approximate surface area is 152 Å². The summed E-state index contributed by atoms with van der Waals surface area (Å²) in [5, 5.41) is 0. The Bertz CT molecular complexity index is 576. The number of carbonyl (C=O) groups is 1. The van der Waals surface area contributed by atoms with Gasteiger partial charge in [0.1, 0.15) is 6.23 Å². The van der Waals surface area contributed by atoms with Gasteiger partial charge in [-0.2, -0.15) is 0 Å². The number of ether oxygens (including phenoxy) is 1. The van der Waals surface area contributed by atoms with E-state index in [1.54, 1.807) is 0 Å². The third-order valence-corrected chi connectivity index (χ3v) is 8.73. The molecule has 3 heterocycles. The maximum atomic E-state index is 13.0. The zero-order chi connectivity index (χ0) is 16.5. The third-order valence-electron chi connectivity index (χ3n) is 5.51. The molecule has 1 aromatic carbocycles. The summed E-state index contributed by atoms with van der Waals surface area (Å²) < 4.78 is 6.77. The molecule has 0 bridgehead atoms. The Morgan fingerprint density at radius 2 is 1.96 bits per heavy atom. The van der Waals surface area contributed by atoms with Gasteiger partial charge in [0.2, 0.25) is 5.91 Å². The Hall–Kier alpha value is -0.650. The standard InChI is InChI=1S/C19H25NO2S2/c1-2-14-15(19-23-9-6-10-24-19)11-17(21)20-16(12-22-18(14)20)13-7-4-3-5-8-13/h3-5,7-8,14-16,18-19H,2,6,9-12H2,1H3/t14-,15-,16-,18+/m0/s1. The van der Waals surface area contributed by atoms with Crippen LogP contribution < -0.4 is 0 Å². The fourth-order valence-corrected chi connectivity index (χ4v) is 7.65. The van der Waals surface area contributed by atoms with Gasteiger partial charge in [0.15, 0.2) is 0 Å². The molecule has 5 heteroatoms. The predicted molar refractivity (Wildman–Crippen MR) is 101 cm³/mol. The van der Waals surface area contributed by atoms with Gasteiger partial charge < -0.3 is 9.64 Å². The lowest BCUT2D eigenvalue weighted by Crippen LogP contribution is -2.52. The highest BCUT2D eigenvalue weighted by Crippen LogP contribution is 2.49. The van der Waals surface area contributed by atoms with Crippen molar-refractivity contribution in [3.05, 3.63) is 35.9 Å². The summed E-state index contributed by atoms with van der Waals surface area (Å²) in [7, 11) is 0. The number of nitrogens with zero attached hydrogens (tertiary/aromatic N) is 1. The van der Waals surface area contributed by atoms with Crippen LogP contribution >= 0.6 is 23.5 Å². The maximum absolute atomic E-state index is 13.0. The second-order valence-electron chi connectivity index (χ2n) is 6.85. The second-order valence-corrected chi connectivity index (χ2v) is 9.65. The first kappa shape index (κ1) is 16.8. The average molecular weight is 364 g/mol. The van der Waals surface area contributed by atoms with Crippen molar-refractivity contribution >= 4 is 29.4 Å². The van der Waals surface area contributed by atoms with Crippen LogP contribution in [0.1, 0.15) is 37.8 Å². The monoisotopic (exact) mass is 363 g/mol. The number of hydrogen-bond acceptors (Lipinski definition) is 4. The molecular weight excluding hydrogens is 338 g/mol. The highest BCUT2D eigenvalue weighted by atomic mass is 32.2. The van der Waals surface area contributed by atoms with Gasteiger partial charge in [-0.3, -0.25) is 4.79 Å². The summed E-state index contributed by atoms with van der Waals surface area (Å²) >= 11 is 4.12. The molecule has 3 fully saturated rings. The number of rotatable bonds is 3. The Morgan fingerprint density at radius 3 is 2.67 bits per heavy atom. The van der Waals surface area contributed by atoms with E-state index in [1.165, 1.54) is 23.5 Å². The van der Waals surface area contributed by atoms with E-state index >= 15 is 0 Å². The number of amides is 1. The molecule has 4 rings (SSSR count). The van der Waals surface area contributed by atoms with Crippen LogP contribution in [-0.2, 0) is 9.53 Å². The van der Waals surface area contributed by atoms with Crippen molar-refractivity contribution in [2.75, 3.05) is 18.1 Å². The Kier molecular flexibility index (Phi) is 5.11. The van der Waals surface area contributed by atoms with Gasteiger partial charge in [-0.05, 0) is 35.8 Å². The van der Waals surface area contributed by atoms with Crippen LogP contribution in [0.25, 0.3) is 0 Å². The summed E-state index contributed by atoms with van der Waals surface area (Å²) in [5.74, 6) is 3.67. The smallest absolute Gasteiger partial charge is 0.225 e. The molecule has 1 aromatic rings. The topological polar surface area (TPSA) is 29.5 Å². The fourth-order valence-electron chi connectivity index (χ4n) is 4.33. The van der Waals surface area contributed by atoms with Gasteiger partial charge in [0.25, 0.3) is 0 Å². The largest absolute Gasteiger partial charge is 0.355 e. The minimum Gasteiger partial charge on any atom is -0.355 e. The minimum absolute atomic E-state index is 0.0328. The molecule has 24 heavy (non-hydrogen) atoms. The molecule has 0 aromatic heterocycles. The van der Waals surface area contributed by atoms with E-state index in [-0.39, 0.29) is 18.2 Å². The molecule has 0 unspecified atom stereocenters. The molecule has 0 aliphatic carbocycles. The molecule has 3 aliphatic heterocycles. The van der Waals surface area contributed by atoms with E-state index in [1.807, 2.05) is 18.2 Å². The van der Waals surface area contributed by atoms with Crippen LogP contribution in [0, 0.1) is 11.8 Å². The summed E-state index contributed by atoms with van der Waals surface area (Å²) in [6.45, 7) is 2.89. The van der Waals surface area contributed by atoms with Crippen LogP contribution in [-0.4, -0.2) is 39.7 Å². The van der Waals surface area contributed by atoms with Crippen LogP contribution in [0.15, 0.2) is 30.3 Å². The number of benzene rings is 1. The summed E-state index contributed by atoms with van der Waals surface area (Å²) in [6.07, 6.45) is 3.03. The van der Waals surface area contributed by atoms with Gasteiger partial charge in [-0.1, -0.05) is 37.3 Å². The number of hydrogen-bond donors (Lipinski definition) is 0. The molecule has 1 amide bonds. The van der Waals surface area contributed by atoms with Crippen molar-refractivity contribution in [3.8, 4) is 0 Å². The summed E-state index contributed by atoms with van der Waals surface area (Å²) in [6, 6.07) is 10.4. The van der Waals surface area contributed by atoms with E-state index in [9.17, 15) is 4.79 Å². The zero-order valence-electron chi connectivity index (χ0n) is 14.1. The fraction of sp³-hybridized carbons (Fsp3) is 0.632. The first-order valence-electron chi connectivity index (χ1n) is 9.00. The van der Waals surface area contributed by atoms with Crippen molar-refractivity contribution in [1.82, 2.24) is 4.90 Å². The SMILES string of the molecule is CC[C@H]1[C@@H](C2SCCCS2)CC(=O)N2[C@@H]1OC[C@H]2c1ccccc1. The van der Waals surface area contributed by atoms with Gasteiger partial charge in [-0.25, -0.2) is 0 Å².